The molecule has 0 spiro atoms. The minimum absolute atomic E-state index is 0.00174. The van der Waals surface area contributed by atoms with E-state index in [4.69, 9.17) is 0 Å². The van der Waals surface area contributed by atoms with Gasteiger partial charge in [0.2, 0.25) is 0 Å². The van der Waals surface area contributed by atoms with E-state index in [0.29, 0.717) is 36.0 Å². The molecule has 0 radical (unpaired) electrons. The maximum Gasteiger partial charge on any atom is 0.309 e. The normalized spacial score (nSPS) is 36.4. The number of rotatable bonds is 2. The largest absolute Gasteiger partial charge is 0.481 e. The van der Waals surface area contributed by atoms with Crippen LogP contribution in [0.3, 0.4) is 0 Å². The van der Waals surface area contributed by atoms with Crippen LogP contribution in [0.4, 0.5) is 0 Å². The van der Waals surface area contributed by atoms with Crippen molar-refractivity contribution >= 4 is 17.5 Å². The molecule has 3 aliphatic rings. The van der Waals surface area contributed by atoms with Crippen LogP contribution in [0.25, 0.3) is 0 Å². The molecule has 0 aromatic rings. The molecule has 0 aliphatic heterocycles. The van der Waals surface area contributed by atoms with Gasteiger partial charge in [0.05, 0.1) is 5.41 Å². The van der Waals surface area contributed by atoms with Crippen molar-refractivity contribution < 1.29 is 19.5 Å². The average molecular weight is 330 g/mol. The summed E-state index contributed by atoms with van der Waals surface area (Å²) in [6, 6.07) is 0. The number of carbonyl (C=O) groups excluding carboxylic acids is 2. The van der Waals surface area contributed by atoms with E-state index in [0.717, 1.165) is 12.8 Å². The summed E-state index contributed by atoms with van der Waals surface area (Å²) in [7, 11) is 0. The fraction of sp³-hybridized carbons (Fsp3) is 0.650. The molecule has 3 atom stereocenters. The summed E-state index contributed by atoms with van der Waals surface area (Å²) >= 11 is 0. The van der Waals surface area contributed by atoms with Crippen molar-refractivity contribution in [2.45, 2.75) is 59.8 Å². The van der Waals surface area contributed by atoms with Gasteiger partial charge in [-0.05, 0) is 50.5 Å². The van der Waals surface area contributed by atoms with E-state index in [2.05, 4.69) is 0 Å². The Morgan fingerprint density at radius 2 is 1.92 bits per heavy atom. The summed E-state index contributed by atoms with van der Waals surface area (Å²) in [5, 5.41) is 9.80. The Balaban J connectivity index is 2.12. The van der Waals surface area contributed by atoms with E-state index in [-0.39, 0.29) is 23.4 Å². The van der Waals surface area contributed by atoms with E-state index in [9.17, 15) is 19.5 Å². The number of carboxylic acids is 1. The van der Waals surface area contributed by atoms with E-state index >= 15 is 0 Å². The van der Waals surface area contributed by atoms with Gasteiger partial charge in [-0.1, -0.05) is 27.2 Å². The maximum atomic E-state index is 12.9. The standard InChI is InChI=1S/C20H26O4/c1-11(2)13-10-14(21)16-12(17(13)22)6-7-15-19(16,3)8-5-9-20(15,4)18(23)24/h10-11,15H,5-9H2,1-4H3,(H,23,24)/t15-,19-,20-/m0/s1. The molecule has 0 unspecified atom stereocenters. The second-order valence-electron chi connectivity index (χ2n) is 8.39. The van der Waals surface area contributed by atoms with Crippen molar-refractivity contribution in [1.82, 2.24) is 0 Å². The molecule has 0 bridgehead atoms. The number of hydrogen-bond acceptors (Lipinski definition) is 3. The third kappa shape index (κ3) is 2.15. The number of allylic oxidation sites excluding steroid dienone is 4. The number of aliphatic carboxylic acids is 1. The molecule has 1 fully saturated rings. The van der Waals surface area contributed by atoms with Crippen molar-refractivity contribution in [1.29, 1.82) is 0 Å². The minimum Gasteiger partial charge on any atom is -0.481 e. The molecular weight excluding hydrogens is 304 g/mol. The molecule has 24 heavy (non-hydrogen) atoms. The average Bonchev–Trinajstić information content (AvgIpc) is 2.49. The number of carbonyl (C=O) groups is 3. The van der Waals surface area contributed by atoms with Gasteiger partial charge in [-0.2, -0.15) is 0 Å². The third-order valence-corrected chi connectivity index (χ3v) is 6.67. The lowest BCUT2D eigenvalue weighted by atomic mass is 9.48. The highest BCUT2D eigenvalue weighted by molar-refractivity contribution is 6.23. The lowest BCUT2D eigenvalue weighted by Crippen LogP contribution is -2.52. The molecule has 0 aromatic carbocycles. The summed E-state index contributed by atoms with van der Waals surface area (Å²) in [6.45, 7) is 7.68. The summed E-state index contributed by atoms with van der Waals surface area (Å²) in [6.07, 6.45) is 4.89. The van der Waals surface area contributed by atoms with Crippen molar-refractivity contribution in [3.8, 4) is 0 Å². The first-order chi connectivity index (χ1) is 11.1. The van der Waals surface area contributed by atoms with E-state index < -0.39 is 16.8 Å². The Hall–Kier alpha value is -1.71. The van der Waals surface area contributed by atoms with Crippen LogP contribution in [-0.4, -0.2) is 22.6 Å². The smallest absolute Gasteiger partial charge is 0.309 e. The van der Waals surface area contributed by atoms with Gasteiger partial charge in [-0.3, -0.25) is 14.4 Å². The molecule has 0 aromatic heterocycles. The predicted molar refractivity (Wildman–Crippen MR) is 90.4 cm³/mol. The fourth-order valence-corrected chi connectivity index (χ4v) is 5.36. The second-order valence-corrected chi connectivity index (χ2v) is 8.39. The number of ketones is 2. The van der Waals surface area contributed by atoms with Gasteiger partial charge in [0.1, 0.15) is 0 Å². The van der Waals surface area contributed by atoms with Crippen LogP contribution in [0.5, 0.6) is 0 Å². The summed E-state index contributed by atoms with van der Waals surface area (Å²) in [5.74, 6) is -0.926. The molecule has 0 saturated heterocycles. The molecule has 3 aliphatic carbocycles. The Labute approximate surface area is 143 Å². The molecule has 4 heteroatoms. The SMILES string of the molecule is CC(C)C1=CC(=O)C2=C(CC[C@@H]3[C@@](C)(C(=O)O)CCC[C@]23C)C1=O. The third-order valence-electron chi connectivity index (χ3n) is 6.67. The highest BCUT2D eigenvalue weighted by Crippen LogP contribution is 2.60. The molecule has 1 saturated carbocycles. The van der Waals surface area contributed by atoms with E-state index in [1.54, 1.807) is 0 Å². The second kappa shape index (κ2) is 5.40. The summed E-state index contributed by atoms with van der Waals surface area (Å²) in [5.41, 5.74) is 0.527. The van der Waals surface area contributed by atoms with Crippen LogP contribution in [0.1, 0.15) is 59.8 Å². The molecule has 3 rings (SSSR count). The van der Waals surface area contributed by atoms with E-state index in [1.165, 1.54) is 6.08 Å². The lowest BCUT2D eigenvalue weighted by Gasteiger charge is -2.54. The van der Waals surface area contributed by atoms with Gasteiger partial charge < -0.3 is 5.11 Å². The lowest BCUT2D eigenvalue weighted by molar-refractivity contribution is -0.159. The Morgan fingerprint density at radius 1 is 1.25 bits per heavy atom. The van der Waals surface area contributed by atoms with Crippen LogP contribution in [0, 0.1) is 22.7 Å². The van der Waals surface area contributed by atoms with Crippen LogP contribution >= 0.6 is 0 Å². The summed E-state index contributed by atoms with van der Waals surface area (Å²) < 4.78 is 0. The molecule has 130 valence electrons. The van der Waals surface area contributed by atoms with Crippen molar-refractivity contribution in [3.05, 3.63) is 22.8 Å². The zero-order valence-corrected chi connectivity index (χ0v) is 14.9. The first-order valence-corrected chi connectivity index (χ1v) is 8.90. The van der Waals surface area contributed by atoms with Crippen LogP contribution in [0.15, 0.2) is 22.8 Å². The fourth-order valence-electron chi connectivity index (χ4n) is 5.36. The summed E-state index contributed by atoms with van der Waals surface area (Å²) in [4.78, 5) is 37.7. The number of Topliss-reactive ketones (excluding diaryl/α,β-unsaturated/α-hetero) is 1. The Kier molecular flexibility index (Phi) is 3.85. The number of fused-ring (bicyclic) bond motifs is 2. The molecule has 4 nitrogen and oxygen atoms in total. The first kappa shape index (κ1) is 17.1. The van der Waals surface area contributed by atoms with Crippen molar-refractivity contribution in [2.24, 2.45) is 22.7 Å². The molecule has 0 heterocycles. The highest BCUT2D eigenvalue weighted by atomic mass is 16.4. The maximum absolute atomic E-state index is 12.9. The topological polar surface area (TPSA) is 71.4 Å². The van der Waals surface area contributed by atoms with Gasteiger partial charge in [0, 0.05) is 22.1 Å². The quantitative estimate of drug-likeness (QED) is 0.784. The van der Waals surface area contributed by atoms with Gasteiger partial charge >= 0.3 is 5.97 Å². The molecule has 0 amide bonds. The number of hydrogen-bond donors (Lipinski definition) is 1. The van der Waals surface area contributed by atoms with Gasteiger partial charge in [0.15, 0.2) is 11.6 Å². The van der Waals surface area contributed by atoms with Crippen LogP contribution in [0.2, 0.25) is 0 Å². The molecular formula is C20H26O4. The van der Waals surface area contributed by atoms with Crippen LogP contribution < -0.4 is 0 Å². The van der Waals surface area contributed by atoms with Gasteiger partial charge in [0.25, 0.3) is 0 Å². The number of carboxylic acid groups (broad SMARTS) is 1. The first-order valence-electron chi connectivity index (χ1n) is 8.90. The van der Waals surface area contributed by atoms with Crippen molar-refractivity contribution in [3.63, 3.8) is 0 Å². The predicted octanol–water partition coefficient (Wildman–Crippen LogP) is 3.71. The van der Waals surface area contributed by atoms with E-state index in [1.807, 2.05) is 27.7 Å². The minimum atomic E-state index is -0.823. The zero-order chi connectivity index (χ0) is 17.9. The highest BCUT2D eigenvalue weighted by Gasteiger charge is 2.58. The van der Waals surface area contributed by atoms with Gasteiger partial charge in [-0.25, -0.2) is 0 Å². The van der Waals surface area contributed by atoms with Gasteiger partial charge in [-0.15, -0.1) is 0 Å². The Bertz CT molecular complexity index is 696. The monoisotopic (exact) mass is 330 g/mol. The Morgan fingerprint density at radius 3 is 2.50 bits per heavy atom. The molecule has 1 N–H and O–H groups in total. The van der Waals surface area contributed by atoms with Crippen molar-refractivity contribution in [2.75, 3.05) is 0 Å². The van der Waals surface area contributed by atoms with Crippen LogP contribution in [-0.2, 0) is 14.4 Å². The zero-order valence-electron chi connectivity index (χ0n) is 14.9.